The monoisotopic (exact) mass is 289 g/mol. The molecule has 0 unspecified atom stereocenters. The average molecular weight is 289 g/mol. The van der Waals surface area contributed by atoms with E-state index in [0.717, 1.165) is 30.1 Å². The molecular formula is C15H20FN5. The normalized spacial score (nSPS) is 11.5. The maximum Gasteiger partial charge on any atom is 0.191 e. The molecule has 21 heavy (non-hydrogen) atoms. The third-order valence-electron chi connectivity index (χ3n) is 3.06. The van der Waals surface area contributed by atoms with Crippen LogP contribution >= 0.6 is 0 Å². The van der Waals surface area contributed by atoms with E-state index in [1.54, 1.807) is 23.9 Å². The molecule has 0 fully saturated rings. The number of rotatable bonds is 5. The Hall–Kier alpha value is -2.37. The van der Waals surface area contributed by atoms with Gasteiger partial charge in [-0.25, -0.2) is 4.39 Å². The van der Waals surface area contributed by atoms with Gasteiger partial charge in [0.1, 0.15) is 5.82 Å². The minimum Gasteiger partial charge on any atom is -0.356 e. The first-order valence-corrected chi connectivity index (χ1v) is 6.84. The highest BCUT2D eigenvalue weighted by Gasteiger charge is 2.00. The van der Waals surface area contributed by atoms with Crippen molar-refractivity contribution in [3.05, 3.63) is 53.6 Å². The first-order valence-electron chi connectivity index (χ1n) is 6.84. The van der Waals surface area contributed by atoms with Gasteiger partial charge in [-0.05, 0) is 24.1 Å². The van der Waals surface area contributed by atoms with Crippen LogP contribution in [-0.2, 0) is 20.0 Å². The first-order chi connectivity index (χ1) is 10.2. The van der Waals surface area contributed by atoms with Crippen LogP contribution in [0.4, 0.5) is 4.39 Å². The van der Waals surface area contributed by atoms with Crippen molar-refractivity contribution in [3.8, 4) is 0 Å². The number of nitrogens with one attached hydrogen (secondary N) is 2. The maximum atomic E-state index is 12.8. The van der Waals surface area contributed by atoms with E-state index in [2.05, 4.69) is 20.7 Å². The third-order valence-corrected chi connectivity index (χ3v) is 3.06. The second-order valence-corrected chi connectivity index (χ2v) is 4.75. The van der Waals surface area contributed by atoms with Gasteiger partial charge in [0, 0.05) is 38.9 Å². The SMILES string of the molecule is CN=C(NCCc1ccc(F)cc1)NCc1cnn(C)c1. The Labute approximate surface area is 123 Å². The molecule has 0 saturated carbocycles. The predicted molar refractivity (Wildman–Crippen MR) is 81.5 cm³/mol. The summed E-state index contributed by atoms with van der Waals surface area (Å²) < 4.78 is 14.6. The van der Waals surface area contributed by atoms with Crippen molar-refractivity contribution in [1.29, 1.82) is 0 Å². The lowest BCUT2D eigenvalue weighted by atomic mass is 10.1. The van der Waals surface area contributed by atoms with Crippen LogP contribution in [0.2, 0.25) is 0 Å². The Morgan fingerprint density at radius 3 is 2.62 bits per heavy atom. The van der Waals surface area contributed by atoms with E-state index in [1.807, 2.05) is 19.4 Å². The van der Waals surface area contributed by atoms with Crippen LogP contribution in [0.1, 0.15) is 11.1 Å². The summed E-state index contributed by atoms with van der Waals surface area (Å²) in [6.07, 6.45) is 4.59. The molecule has 0 amide bonds. The van der Waals surface area contributed by atoms with E-state index in [1.165, 1.54) is 12.1 Å². The molecule has 0 aliphatic rings. The van der Waals surface area contributed by atoms with E-state index in [-0.39, 0.29) is 5.82 Å². The van der Waals surface area contributed by atoms with Crippen molar-refractivity contribution in [2.75, 3.05) is 13.6 Å². The van der Waals surface area contributed by atoms with Crippen LogP contribution in [0.5, 0.6) is 0 Å². The number of guanidine groups is 1. The quantitative estimate of drug-likeness (QED) is 0.647. The van der Waals surface area contributed by atoms with Crippen LogP contribution in [0, 0.1) is 5.82 Å². The fraction of sp³-hybridized carbons (Fsp3) is 0.333. The molecular weight excluding hydrogens is 269 g/mol. The van der Waals surface area contributed by atoms with Gasteiger partial charge in [-0.15, -0.1) is 0 Å². The summed E-state index contributed by atoms with van der Waals surface area (Å²) in [4.78, 5) is 4.16. The molecule has 6 heteroatoms. The smallest absolute Gasteiger partial charge is 0.191 e. The number of aromatic nitrogens is 2. The summed E-state index contributed by atoms with van der Waals surface area (Å²) in [5, 5.41) is 10.6. The van der Waals surface area contributed by atoms with Gasteiger partial charge in [-0.2, -0.15) is 5.10 Å². The number of halogens is 1. The zero-order valence-electron chi connectivity index (χ0n) is 12.3. The molecule has 0 atom stereocenters. The predicted octanol–water partition coefficient (Wildman–Crippen LogP) is 1.47. The minimum atomic E-state index is -0.208. The second-order valence-electron chi connectivity index (χ2n) is 4.75. The molecule has 1 aromatic heterocycles. The van der Waals surface area contributed by atoms with Gasteiger partial charge in [0.15, 0.2) is 5.96 Å². The number of benzene rings is 1. The largest absolute Gasteiger partial charge is 0.356 e. The van der Waals surface area contributed by atoms with Crippen molar-refractivity contribution in [1.82, 2.24) is 20.4 Å². The van der Waals surface area contributed by atoms with Crippen molar-refractivity contribution in [3.63, 3.8) is 0 Å². The summed E-state index contributed by atoms with van der Waals surface area (Å²) >= 11 is 0. The number of aliphatic imine (C=N–C) groups is 1. The fourth-order valence-electron chi connectivity index (χ4n) is 1.95. The van der Waals surface area contributed by atoms with Gasteiger partial charge < -0.3 is 10.6 Å². The maximum absolute atomic E-state index is 12.8. The lowest BCUT2D eigenvalue weighted by molar-refractivity contribution is 0.626. The Morgan fingerprint density at radius 1 is 1.24 bits per heavy atom. The van der Waals surface area contributed by atoms with Crippen molar-refractivity contribution >= 4 is 5.96 Å². The molecule has 2 N–H and O–H groups in total. The van der Waals surface area contributed by atoms with E-state index in [0.29, 0.717) is 6.54 Å². The van der Waals surface area contributed by atoms with Crippen LogP contribution in [-0.4, -0.2) is 29.3 Å². The molecule has 1 heterocycles. The molecule has 112 valence electrons. The zero-order valence-corrected chi connectivity index (χ0v) is 12.3. The Bertz CT molecular complexity index is 588. The first kappa shape index (κ1) is 15.0. The van der Waals surface area contributed by atoms with Gasteiger partial charge in [-0.3, -0.25) is 9.67 Å². The van der Waals surface area contributed by atoms with Crippen molar-refractivity contribution < 1.29 is 4.39 Å². The van der Waals surface area contributed by atoms with Crippen LogP contribution in [0.25, 0.3) is 0 Å². The fourth-order valence-corrected chi connectivity index (χ4v) is 1.95. The van der Waals surface area contributed by atoms with Gasteiger partial charge in [0.25, 0.3) is 0 Å². The Kier molecular flexibility index (Phi) is 5.31. The Morgan fingerprint density at radius 2 is 2.00 bits per heavy atom. The average Bonchev–Trinajstić information content (AvgIpc) is 2.90. The summed E-state index contributed by atoms with van der Waals surface area (Å²) in [6, 6.07) is 6.54. The molecule has 0 aliphatic heterocycles. The molecule has 2 aromatic rings. The highest BCUT2D eigenvalue weighted by atomic mass is 19.1. The van der Waals surface area contributed by atoms with Crippen LogP contribution in [0.15, 0.2) is 41.7 Å². The van der Waals surface area contributed by atoms with Gasteiger partial charge in [0.2, 0.25) is 0 Å². The van der Waals surface area contributed by atoms with Crippen molar-refractivity contribution in [2.24, 2.45) is 12.0 Å². The molecule has 0 radical (unpaired) electrons. The summed E-state index contributed by atoms with van der Waals surface area (Å²) in [7, 11) is 3.62. The topological polar surface area (TPSA) is 54.2 Å². The van der Waals surface area contributed by atoms with Gasteiger partial charge in [-0.1, -0.05) is 12.1 Å². The standard InChI is InChI=1S/C15H20FN5/c1-17-15(19-9-13-10-20-21(2)11-13)18-8-7-12-3-5-14(16)6-4-12/h3-6,10-11H,7-9H2,1-2H3,(H2,17,18,19). The highest BCUT2D eigenvalue weighted by molar-refractivity contribution is 5.79. The lowest BCUT2D eigenvalue weighted by Crippen LogP contribution is -2.37. The highest BCUT2D eigenvalue weighted by Crippen LogP contribution is 2.02. The third kappa shape index (κ3) is 4.91. The van der Waals surface area contributed by atoms with Crippen LogP contribution < -0.4 is 10.6 Å². The summed E-state index contributed by atoms with van der Waals surface area (Å²) in [5.41, 5.74) is 2.19. The Balaban J connectivity index is 1.74. The van der Waals surface area contributed by atoms with E-state index in [9.17, 15) is 4.39 Å². The zero-order chi connectivity index (χ0) is 15.1. The lowest BCUT2D eigenvalue weighted by Gasteiger charge is -2.11. The van der Waals surface area contributed by atoms with Crippen LogP contribution in [0.3, 0.4) is 0 Å². The molecule has 1 aromatic carbocycles. The summed E-state index contributed by atoms with van der Waals surface area (Å²) in [5.74, 6) is 0.529. The molecule has 5 nitrogen and oxygen atoms in total. The summed E-state index contributed by atoms with van der Waals surface area (Å²) in [6.45, 7) is 1.41. The number of nitrogens with zero attached hydrogens (tertiary/aromatic N) is 3. The van der Waals surface area contributed by atoms with E-state index < -0.39 is 0 Å². The van der Waals surface area contributed by atoms with Gasteiger partial charge in [0.05, 0.1) is 6.20 Å². The second kappa shape index (κ2) is 7.42. The van der Waals surface area contributed by atoms with E-state index >= 15 is 0 Å². The molecule has 2 rings (SSSR count). The molecule has 0 bridgehead atoms. The number of hydrogen-bond acceptors (Lipinski definition) is 2. The van der Waals surface area contributed by atoms with Crippen molar-refractivity contribution in [2.45, 2.75) is 13.0 Å². The van der Waals surface area contributed by atoms with E-state index in [4.69, 9.17) is 0 Å². The molecule has 0 spiro atoms. The van der Waals surface area contributed by atoms with Gasteiger partial charge >= 0.3 is 0 Å². The minimum absolute atomic E-state index is 0.208. The molecule has 0 aliphatic carbocycles. The number of hydrogen-bond donors (Lipinski definition) is 2. The number of aryl methyl sites for hydroxylation is 1. The molecule has 0 saturated heterocycles.